The smallest absolute Gasteiger partial charge is 0.252 e. The summed E-state index contributed by atoms with van der Waals surface area (Å²) in [6, 6.07) is 13.0. The predicted molar refractivity (Wildman–Crippen MR) is 114 cm³/mol. The number of aromatic nitrogens is 1. The fourth-order valence-electron chi connectivity index (χ4n) is 3.29. The van der Waals surface area contributed by atoms with Gasteiger partial charge in [-0.15, -0.1) is 0 Å². The topological polar surface area (TPSA) is 89.4 Å². The highest BCUT2D eigenvalue weighted by Crippen LogP contribution is 2.28. The molecule has 0 fully saturated rings. The SMILES string of the molecule is COc1cccc2c(C)cc(=O)n(C(C)C(=O)Nc3ccc(NC(C)=O)cc3)c12. The van der Waals surface area contributed by atoms with Crippen LogP contribution in [-0.2, 0) is 9.59 Å². The number of benzene rings is 2. The molecule has 0 bridgehead atoms. The average molecular weight is 393 g/mol. The van der Waals surface area contributed by atoms with Gasteiger partial charge in [-0.1, -0.05) is 12.1 Å². The normalized spacial score (nSPS) is 11.7. The number of aryl methyl sites for hydroxylation is 1. The number of carbonyl (C=O) groups excluding carboxylic acids is 2. The Hall–Kier alpha value is -3.61. The number of nitrogens with one attached hydrogen (secondary N) is 2. The van der Waals surface area contributed by atoms with E-state index in [-0.39, 0.29) is 17.4 Å². The van der Waals surface area contributed by atoms with E-state index < -0.39 is 6.04 Å². The molecule has 7 heteroatoms. The molecule has 3 rings (SSSR count). The number of pyridine rings is 1. The Kier molecular flexibility index (Phi) is 5.68. The number of hydrogen-bond donors (Lipinski definition) is 2. The van der Waals surface area contributed by atoms with Gasteiger partial charge in [-0.3, -0.25) is 19.0 Å². The Morgan fingerprint density at radius 3 is 2.24 bits per heavy atom. The van der Waals surface area contributed by atoms with Crippen molar-refractivity contribution < 1.29 is 14.3 Å². The minimum atomic E-state index is -0.767. The lowest BCUT2D eigenvalue weighted by Crippen LogP contribution is -2.32. The van der Waals surface area contributed by atoms with E-state index in [1.54, 1.807) is 37.3 Å². The minimum absolute atomic E-state index is 0.171. The highest BCUT2D eigenvalue weighted by Gasteiger charge is 2.21. The van der Waals surface area contributed by atoms with Crippen molar-refractivity contribution in [2.75, 3.05) is 17.7 Å². The van der Waals surface area contributed by atoms with Crippen LogP contribution in [0.15, 0.2) is 53.3 Å². The zero-order valence-corrected chi connectivity index (χ0v) is 16.8. The van der Waals surface area contributed by atoms with Crippen molar-refractivity contribution in [2.24, 2.45) is 0 Å². The molecule has 1 atom stereocenters. The highest BCUT2D eigenvalue weighted by molar-refractivity contribution is 5.96. The first kappa shape index (κ1) is 20.1. The Labute approximate surface area is 168 Å². The van der Waals surface area contributed by atoms with E-state index in [0.29, 0.717) is 22.6 Å². The molecular weight excluding hydrogens is 370 g/mol. The second-order valence-electron chi connectivity index (χ2n) is 6.82. The van der Waals surface area contributed by atoms with Gasteiger partial charge in [0.15, 0.2) is 0 Å². The third-order valence-electron chi connectivity index (χ3n) is 4.70. The summed E-state index contributed by atoms with van der Waals surface area (Å²) in [6.07, 6.45) is 0. The maximum atomic E-state index is 12.9. The predicted octanol–water partition coefficient (Wildman–Crippen LogP) is 3.48. The molecule has 0 aliphatic rings. The number of fused-ring (bicyclic) bond motifs is 1. The van der Waals surface area contributed by atoms with Gasteiger partial charge in [0, 0.05) is 29.8 Å². The van der Waals surface area contributed by atoms with E-state index in [1.807, 2.05) is 19.1 Å². The molecule has 7 nitrogen and oxygen atoms in total. The van der Waals surface area contributed by atoms with Gasteiger partial charge in [-0.05, 0) is 49.7 Å². The van der Waals surface area contributed by atoms with Crippen LogP contribution < -0.4 is 20.9 Å². The Morgan fingerprint density at radius 2 is 1.66 bits per heavy atom. The van der Waals surface area contributed by atoms with E-state index in [1.165, 1.54) is 24.7 Å². The van der Waals surface area contributed by atoms with Crippen molar-refractivity contribution in [1.29, 1.82) is 0 Å². The van der Waals surface area contributed by atoms with Crippen LogP contribution in [-0.4, -0.2) is 23.5 Å². The molecule has 0 aliphatic carbocycles. The van der Waals surface area contributed by atoms with E-state index in [2.05, 4.69) is 10.6 Å². The van der Waals surface area contributed by atoms with Crippen molar-refractivity contribution in [1.82, 2.24) is 4.57 Å². The van der Waals surface area contributed by atoms with E-state index in [9.17, 15) is 14.4 Å². The highest BCUT2D eigenvalue weighted by atomic mass is 16.5. The van der Waals surface area contributed by atoms with Crippen LogP contribution in [0.1, 0.15) is 25.5 Å². The first-order chi connectivity index (χ1) is 13.8. The standard InChI is InChI=1S/C22H23N3O4/c1-13-12-20(27)25(21-18(13)6-5-7-19(21)29-4)14(2)22(28)24-17-10-8-16(9-11-17)23-15(3)26/h5-12,14H,1-4H3,(H,23,26)(H,24,28). The van der Waals surface area contributed by atoms with Gasteiger partial charge >= 0.3 is 0 Å². The van der Waals surface area contributed by atoms with E-state index in [0.717, 1.165) is 10.9 Å². The lowest BCUT2D eigenvalue weighted by atomic mass is 10.1. The second kappa shape index (κ2) is 8.18. The summed E-state index contributed by atoms with van der Waals surface area (Å²) < 4.78 is 6.89. The fraction of sp³-hybridized carbons (Fsp3) is 0.227. The summed E-state index contributed by atoms with van der Waals surface area (Å²) in [6.45, 7) is 4.95. The molecule has 0 radical (unpaired) electrons. The Bertz CT molecular complexity index is 1130. The molecular formula is C22H23N3O4. The molecule has 0 aliphatic heterocycles. The number of para-hydroxylation sites is 1. The molecule has 150 valence electrons. The van der Waals surface area contributed by atoms with Crippen LogP contribution in [0.3, 0.4) is 0 Å². The van der Waals surface area contributed by atoms with Gasteiger partial charge in [-0.2, -0.15) is 0 Å². The van der Waals surface area contributed by atoms with Crippen LogP contribution in [0.4, 0.5) is 11.4 Å². The van der Waals surface area contributed by atoms with Crippen molar-refractivity contribution in [3.05, 3.63) is 64.4 Å². The maximum absolute atomic E-state index is 12.9. The largest absolute Gasteiger partial charge is 0.495 e. The van der Waals surface area contributed by atoms with Crippen molar-refractivity contribution in [3.8, 4) is 5.75 Å². The van der Waals surface area contributed by atoms with Crippen LogP contribution in [0.5, 0.6) is 5.75 Å². The molecule has 2 aromatic carbocycles. The molecule has 29 heavy (non-hydrogen) atoms. The Balaban J connectivity index is 1.95. The van der Waals surface area contributed by atoms with Gasteiger partial charge in [0.2, 0.25) is 11.8 Å². The number of ether oxygens (including phenoxy) is 1. The average Bonchev–Trinajstić information content (AvgIpc) is 2.68. The molecule has 1 heterocycles. The first-order valence-corrected chi connectivity index (χ1v) is 9.19. The number of anilines is 2. The van der Waals surface area contributed by atoms with E-state index in [4.69, 9.17) is 4.74 Å². The van der Waals surface area contributed by atoms with Crippen molar-refractivity contribution in [3.63, 3.8) is 0 Å². The Morgan fingerprint density at radius 1 is 1.03 bits per heavy atom. The summed E-state index contributed by atoms with van der Waals surface area (Å²) in [4.78, 5) is 36.7. The van der Waals surface area contributed by atoms with Crippen molar-refractivity contribution in [2.45, 2.75) is 26.8 Å². The van der Waals surface area contributed by atoms with Gasteiger partial charge < -0.3 is 15.4 Å². The second-order valence-corrected chi connectivity index (χ2v) is 6.82. The molecule has 2 N–H and O–H groups in total. The van der Waals surface area contributed by atoms with Gasteiger partial charge in [0.05, 0.1) is 12.6 Å². The van der Waals surface area contributed by atoms with Crippen LogP contribution in [0.2, 0.25) is 0 Å². The molecule has 0 saturated carbocycles. The van der Waals surface area contributed by atoms with E-state index >= 15 is 0 Å². The number of methoxy groups -OCH3 is 1. The molecule has 1 unspecified atom stereocenters. The summed E-state index contributed by atoms with van der Waals surface area (Å²) >= 11 is 0. The van der Waals surface area contributed by atoms with Gasteiger partial charge in [0.25, 0.3) is 5.56 Å². The number of hydrogen-bond acceptors (Lipinski definition) is 4. The molecule has 2 amide bonds. The molecule has 1 aromatic heterocycles. The fourth-order valence-corrected chi connectivity index (χ4v) is 3.29. The van der Waals surface area contributed by atoms with Crippen LogP contribution >= 0.6 is 0 Å². The number of nitrogens with zero attached hydrogens (tertiary/aromatic N) is 1. The zero-order valence-electron chi connectivity index (χ0n) is 16.8. The van der Waals surface area contributed by atoms with Gasteiger partial charge in [0.1, 0.15) is 11.8 Å². The molecule has 3 aromatic rings. The third-order valence-corrected chi connectivity index (χ3v) is 4.70. The lowest BCUT2D eigenvalue weighted by molar-refractivity contribution is -0.118. The molecule has 0 saturated heterocycles. The number of rotatable bonds is 5. The third kappa shape index (κ3) is 4.13. The summed E-state index contributed by atoms with van der Waals surface area (Å²) in [5, 5.41) is 6.33. The summed E-state index contributed by atoms with van der Waals surface area (Å²) in [5.41, 5.74) is 2.33. The molecule has 0 spiro atoms. The van der Waals surface area contributed by atoms with Crippen LogP contribution in [0.25, 0.3) is 10.9 Å². The first-order valence-electron chi connectivity index (χ1n) is 9.19. The number of amides is 2. The number of carbonyl (C=O) groups is 2. The minimum Gasteiger partial charge on any atom is -0.495 e. The summed E-state index contributed by atoms with van der Waals surface area (Å²) in [7, 11) is 1.54. The summed E-state index contributed by atoms with van der Waals surface area (Å²) in [5.74, 6) is 0.0213. The van der Waals surface area contributed by atoms with Gasteiger partial charge in [-0.25, -0.2) is 0 Å². The lowest BCUT2D eigenvalue weighted by Gasteiger charge is -2.20. The monoisotopic (exact) mass is 393 g/mol. The van der Waals surface area contributed by atoms with Crippen LogP contribution in [0, 0.1) is 6.92 Å². The van der Waals surface area contributed by atoms with Crippen molar-refractivity contribution >= 4 is 34.1 Å². The zero-order chi connectivity index (χ0) is 21.1. The quantitative estimate of drug-likeness (QED) is 0.695. The maximum Gasteiger partial charge on any atom is 0.252 e.